The summed E-state index contributed by atoms with van der Waals surface area (Å²) in [4.78, 5) is 11.4. The SMILES string of the molecule is CCC(=O)C1(OC)CCSC1. The molecule has 1 aliphatic heterocycles. The van der Waals surface area contributed by atoms with E-state index < -0.39 is 5.60 Å². The third-order valence-corrected chi connectivity index (χ3v) is 3.37. The van der Waals surface area contributed by atoms with Crippen molar-refractivity contribution in [1.82, 2.24) is 0 Å². The summed E-state index contributed by atoms with van der Waals surface area (Å²) in [5.74, 6) is 2.15. The van der Waals surface area contributed by atoms with Crippen LogP contribution in [-0.4, -0.2) is 30.0 Å². The molecule has 0 radical (unpaired) electrons. The second kappa shape index (κ2) is 3.59. The molecule has 2 nitrogen and oxygen atoms in total. The number of methoxy groups -OCH3 is 1. The van der Waals surface area contributed by atoms with E-state index in [0.29, 0.717) is 6.42 Å². The van der Waals surface area contributed by atoms with E-state index in [1.165, 1.54) is 0 Å². The Morgan fingerprint density at radius 1 is 1.73 bits per heavy atom. The Balaban J connectivity index is 2.66. The summed E-state index contributed by atoms with van der Waals surface area (Å²) in [6, 6.07) is 0. The van der Waals surface area contributed by atoms with Gasteiger partial charge in [0.05, 0.1) is 0 Å². The molecule has 0 amide bonds. The van der Waals surface area contributed by atoms with Gasteiger partial charge < -0.3 is 4.74 Å². The molecule has 1 fully saturated rings. The maximum absolute atomic E-state index is 11.4. The van der Waals surface area contributed by atoms with Crippen molar-refractivity contribution >= 4 is 17.5 Å². The summed E-state index contributed by atoms with van der Waals surface area (Å²) < 4.78 is 5.28. The van der Waals surface area contributed by atoms with Gasteiger partial charge in [0.1, 0.15) is 5.60 Å². The first-order valence-corrected chi connectivity index (χ1v) is 5.07. The fourth-order valence-electron chi connectivity index (χ4n) is 1.36. The number of Topliss-reactive ketones (excluding diaryl/α,β-unsaturated/α-hetero) is 1. The molecule has 0 aliphatic carbocycles. The molecular weight excluding hydrogens is 160 g/mol. The second-order valence-electron chi connectivity index (χ2n) is 2.78. The summed E-state index contributed by atoms with van der Waals surface area (Å²) >= 11 is 1.80. The Morgan fingerprint density at radius 3 is 2.82 bits per heavy atom. The van der Waals surface area contributed by atoms with Gasteiger partial charge in [-0.3, -0.25) is 4.79 Å². The van der Waals surface area contributed by atoms with Gasteiger partial charge in [0.15, 0.2) is 5.78 Å². The molecule has 1 heterocycles. The van der Waals surface area contributed by atoms with Crippen LogP contribution >= 0.6 is 11.8 Å². The van der Waals surface area contributed by atoms with Gasteiger partial charge in [-0.25, -0.2) is 0 Å². The van der Waals surface area contributed by atoms with Crippen LogP contribution in [0.2, 0.25) is 0 Å². The van der Waals surface area contributed by atoms with Crippen molar-refractivity contribution in [3.05, 3.63) is 0 Å². The Bertz CT molecular complexity index is 150. The molecule has 1 aliphatic rings. The van der Waals surface area contributed by atoms with E-state index in [1.807, 2.05) is 6.92 Å². The van der Waals surface area contributed by atoms with Crippen LogP contribution in [0, 0.1) is 0 Å². The van der Waals surface area contributed by atoms with E-state index in [2.05, 4.69) is 0 Å². The summed E-state index contributed by atoms with van der Waals surface area (Å²) in [5, 5.41) is 0. The molecule has 0 spiro atoms. The van der Waals surface area contributed by atoms with Crippen molar-refractivity contribution in [1.29, 1.82) is 0 Å². The molecule has 11 heavy (non-hydrogen) atoms. The number of hydrogen-bond donors (Lipinski definition) is 0. The number of hydrogen-bond acceptors (Lipinski definition) is 3. The summed E-state index contributed by atoms with van der Waals surface area (Å²) in [5.41, 5.74) is -0.431. The largest absolute Gasteiger partial charge is 0.370 e. The molecule has 1 atom stereocenters. The van der Waals surface area contributed by atoms with Crippen LogP contribution in [0.25, 0.3) is 0 Å². The standard InChI is InChI=1S/C8H14O2S/c1-3-7(9)8(10-2)4-5-11-6-8/h3-6H2,1-2H3. The highest BCUT2D eigenvalue weighted by molar-refractivity contribution is 7.99. The quantitative estimate of drug-likeness (QED) is 0.648. The van der Waals surface area contributed by atoms with Gasteiger partial charge in [-0.1, -0.05) is 6.92 Å². The van der Waals surface area contributed by atoms with Crippen molar-refractivity contribution in [3.63, 3.8) is 0 Å². The molecule has 1 rings (SSSR count). The minimum absolute atomic E-state index is 0.255. The fraction of sp³-hybridized carbons (Fsp3) is 0.875. The molecule has 1 saturated heterocycles. The molecule has 0 aromatic rings. The zero-order valence-electron chi connectivity index (χ0n) is 7.05. The molecule has 64 valence electrons. The van der Waals surface area contributed by atoms with E-state index in [-0.39, 0.29) is 5.78 Å². The molecular formula is C8H14O2S. The van der Waals surface area contributed by atoms with E-state index in [9.17, 15) is 4.79 Å². The molecule has 1 unspecified atom stereocenters. The number of carbonyl (C=O) groups is 1. The van der Waals surface area contributed by atoms with Crippen LogP contribution in [-0.2, 0) is 9.53 Å². The first kappa shape index (κ1) is 9.07. The maximum Gasteiger partial charge on any atom is 0.165 e. The van der Waals surface area contributed by atoms with Crippen LogP contribution in [0.3, 0.4) is 0 Å². The van der Waals surface area contributed by atoms with Gasteiger partial charge in [-0.15, -0.1) is 0 Å². The summed E-state index contributed by atoms with van der Waals surface area (Å²) in [6.45, 7) is 1.89. The van der Waals surface area contributed by atoms with Crippen LogP contribution in [0.4, 0.5) is 0 Å². The fourth-order valence-corrected chi connectivity index (χ4v) is 2.73. The Hall–Kier alpha value is -0.0200. The Kier molecular flexibility index (Phi) is 2.96. The molecule has 0 N–H and O–H groups in total. The van der Waals surface area contributed by atoms with Crippen molar-refractivity contribution in [2.24, 2.45) is 0 Å². The summed E-state index contributed by atoms with van der Waals surface area (Å²) in [6.07, 6.45) is 1.48. The normalized spacial score (nSPS) is 30.7. The molecule has 0 bridgehead atoms. The number of ketones is 1. The highest BCUT2D eigenvalue weighted by Crippen LogP contribution is 2.32. The van der Waals surface area contributed by atoms with Gasteiger partial charge >= 0.3 is 0 Å². The topological polar surface area (TPSA) is 26.3 Å². The maximum atomic E-state index is 11.4. The van der Waals surface area contributed by atoms with Crippen molar-refractivity contribution in [2.45, 2.75) is 25.4 Å². The minimum Gasteiger partial charge on any atom is -0.370 e. The first-order valence-electron chi connectivity index (χ1n) is 3.91. The van der Waals surface area contributed by atoms with Crippen LogP contribution in [0.1, 0.15) is 19.8 Å². The number of thioether (sulfide) groups is 1. The average molecular weight is 174 g/mol. The molecule has 3 heteroatoms. The zero-order valence-corrected chi connectivity index (χ0v) is 7.87. The lowest BCUT2D eigenvalue weighted by Gasteiger charge is -2.23. The van der Waals surface area contributed by atoms with Crippen LogP contribution in [0.15, 0.2) is 0 Å². The third kappa shape index (κ3) is 1.59. The second-order valence-corrected chi connectivity index (χ2v) is 3.88. The Labute approximate surface area is 71.7 Å². The van der Waals surface area contributed by atoms with Gasteiger partial charge in [-0.05, 0) is 12.2 Å². The van der Waals surface area contributed by atoms with Gasteiger partial charge in [0.2, 0.25) is 0 Å². The highest BCUT2D eigenvalue weighted by atomic mass is 32.2. The molecule has 0 aromatic carbocycles. The van der Waals surface area contributed by atoms with Crippen LogP contribution < -0.4 is 0 Å². The van der Waals surface area contributed by atoms with Crippen molar-refractivity contribution < 1.29 is 9.53 Å². The van der Waals surface area contributed by atoms with Crippen molar-refractivity contribution in [2.75, 3.05) is 18.6 Å². The van der Waals surface area contributed by atoms with Gasteiger partial charge in [0.25, 0.3) is 0 Å². The van der Waals surface area contributed by atoms with E-state index in [0.717, 1.165) is 17.9 Å². The highest BCUT2D eigenvalue weighted by Gasteiger charge is 2.40. The lowest BCUT2D eigenvalue weighted by atomic mass is 9.96. The smallest absolute Gasteiger partial charge is 0.165 e. The average Bonchev–Trinajstić information content (AvgIpc) is 2.52. The van der Waals surface area contributed by atoms with E-state index >= 15 is 0 Å². The molecule has 0 saturated carbocycles. The lowest BCUT2D eigenvalue weighted by Crippen LogP contribution is -2.40. The first-order chi connectivity index (χ1) is 5.25. The number of carbonyl (C=O) groups excluding carboxylic acids is 1. The zero-order chi connectivity index (χ0) is 8.32. The van der Waals surface area contributed by atoms with Crippen LogP contribution in [0.5, 0.6) is 0 Å². The molecule has 0 aromatic heterocycles. The number of rotatable bonds is 3. The predicted molar refractivity (Wildman–Crippen MR) is 47.0 cm³/mol. The number of ether oxygens (including phenoxy) is 1. The van der Waals surface area contributed by atoms with E-state index in [1.54, 1.807) is 18.9 Å². The third-order valence-electron chi connectivity index (χ3n) is 2.21. The lowest BCUT2D eigenvalue weighted by molar-refractivity contribution is -0.137. The van der Waals surface area contributed by atoms with Crippen molar-refractivity contribution in [3.8, 4) is 0 Å². The Morgan fingerprint density at radius 2 is 2.45 bits per heavy atom. The summed E-state index contributed by atoms with van der Waals surface area (Å²) in [7, 11) is 1.64. The van der Waals surface area contributed by atoms with Gasteiger partial charge in [-0.2, -0.15) is 11.8 Å². The minimum atomic E-state index is -0.431. The van der Waals surface area contributed by atoms with E-state index in [4.69, 9.17) is 4.74 Å². The predicted octanol–water partition coefficient (Wildman–Crippen LogP) is 1.49. The van der Waals surface area contributed by atoms with Gasteiger partial charge in [0, 0.05) is 19.3 Å². The monoisotopic (exact) mass is 174 g/mol.